The van der Waals surface area contributed by atoms with Gasteiger partial charge in [-0.15, -0.1) is 0 Å². The van der Waals surface area contributed by atoms with E-state index in [1.54, 1.807) is 6.07 Å². The van der Waals surface area contributed by atoms with E-state index in [-0.39, 0.29) is 5.82 Å². The molecule has 0 unspecified atom stereocenters. The van der Waals surface area contributed by atoms with E-state index < -0.39 is 0 Å². The largest absolute Gasteiger partial charge is 0.494 e. The monoisotopic (exact) mass is 264 g/mol. The predicted molar refractivity (Wildman–Crippen MR) is 76.3 cm³/mol. The van der Waals surface area contributed by atoms with Gasteiger partial charge in [0, 0.05) is 23.6 Å². The van der Waals surface area contributed by atoms with Crippen LogP contribution >= 0.6 is 0 Å². The molecule has 0 aliphatic rings. The molecule has 0 fully saturated rings. The van der Waals surface area contributed by atoms with Gasteiger partial charge in [-0.05, 0) is 37.2 Å². The van der Waals surface area contributed by atoms with Crippen LogP contribution in [0, 0.1) is 5.82 Å². The highest BCUT2D eigenvalue weighted by atomic mass is 19.1. The number of hydrogen-bond acceptors (Lipinski definition) is 2. The van der Waals surface area contributed by atoms with Gasteiger partial charge < -0.3 is 14.6 Å². The van der Waals surface area contributed by atoms with Crippen molar-refractivity contribution in [2.75, 3.05) is 26.7 Å². The molecule has 2 rings (SSSR count). The van der Waals surface area contributed by atoms with E-state index in [0.29, 0.717) is 11.1 Å². The van der Waals surface area contributed by atoms with Gasteiger partial charge in [-0.3, -0.25) is 0 Å². The number of hydrogen-bond donors (Lipinski definition) is 1. The van der Waals surface area contributed by atoms with Crippen LogP contribution in [0.3, 0.4) is 0 Å². The van der Waals surface area contributed by atoms with Gasteiger partial charge in [0.1, 0.15) is 0 Å². The second-order valence-corrected chi connectivity index (χ2v) is 4.60. The number of benzene rings is 1. The van der Waals surface area contributed by atoms with Crippen LogP contribution in [0.5, 0.6) is 5.75 Å². The summed E-state index contributed by atoms with van der Waals surface area (Å²) < 4.78 is 19.3. The lowest BCUT2D eigenvalue weighted by Gasteiger charge is -2.17. The number of methoxy groups -OCH3 is 1. The minimum Gasteiger partial charge on any atom is -0.494 e. The molecule has 1 aromatic carbocycles. The first-order chi connectivity index (χ1) is 9.21. The molecule has 0 aliphatic carbocycles. The van der Waals surface area contributed by atoms with Gasteiger partial charge in [0.25, 0.3) is 0 Å². The summed E-state index contributed by atoms with van der Waals surface area (Å²) in [4.78, 5) is 5.46. The average Bonchev–Trinajstić information content (AvgIpc) is 2.84. The van der Waals surface area contributed by atoms with E-state index in [1.807, 2.05) is 12.3 Å². The smallest absolute Gasteiger partial charge is 0.174 e. The Morgan fingerprint density at radius 1 is 1.26 bits per heavy atom. The number of halogens is 1. The maximum atomic E-state index is 14.3. The third-order valence-electron chi connectivity index (χ3n) is 3.64. The molecule has 3 nitrogen and oxygen atoms in total. The van der Waals surface area contributed by atoms with E-state index >= 15 is 0 Å². The molecule has 4 heteroatoms. The van der Waals surface area contributed by atoms with Crippen LogP contribution in [0.4, 0.5) is 4.39 Å². The van der Waals surface area contributed by atoms with Crippen molar-refractivity contribution in [1.82, 2.24) is 9.88 Å². The summed E-state index contributed by atoms with van der Waals surface area (Å²) in [6.07, 6.45) is 2.74. The van der Waals surface area contributed by atoms with Crippen LogP contribution in [-0.2, 0) is 6.42 Å². The zero-order valence-electron chi connectivity index (χ0n) is 11.8. The lowest BCUT2D eigenvalue weighted by Crippen LogP contribution is -2.25. The third kappa shape index (κ3) is 2.73. The molecule has 0 radical (unpaired) electrons. The van der Waals surface area contributed by atoms with Gasteiger partial charge in [0.15, 0.2) is 11.6 Å². The van der Waals surface area contributed by atoms with Crippen molar-refractivity contribution in [3.8, 4) is 5.75 Å². The van der Waals surface area contributed by atoms with E-state index in [0.717, 1.165) is 37.1 Å². The molecule has 0 atom stereocenters. The highest BCUT2D eigenvalue weighted by molar-refractivity contribution is 5.85. The zero-order valence-corrected chi connectivity index (χ0v) is 11.8. The maximum absolute atomic E-state index is 14.3. The third-order valence-corrected chi connectivity index (χ3v) is 3.64. The Morgan fingerprint density at radius 2 is 2.00 bits per heavy atom. The Morgan fingerprint density at radius 3 is 2.63 bits per heavy atom. The van der Waals surface area contributed by atoms with Crippen molar-refractivity contribution in [3.63, 3.8) is 0 Å². The van der Waals surface area contributed by atoms with E-state index in [2.05, 4.69) is 23.7 Å². The van der Waals surface area contributed by atoms with Crippen molar-refractivity contribution < 1.29 is 9.13 Å². The number of rotatable bonds is 6. The number of fused-ring (bicyclic) bond motifs is 1. The molecule has 1 N–H and O–H groups in total. The summed E-state index contributed by atoms with van der Waals surface area (Å²) in [5.74, 6) is 0.0342. The molecule has 1 heterocycles. The molecule has 0 bridgehead atoms. The van der Waals surface area contributed by atoms with Gasteiger partial charge >= 0.3 is 0 Å². The Kier molecular flexibility index (Phi) is 4.43. The highest BCUT2D eigenvalue weighted by Crippen LogP contribution is 2.28. The first kappa shape index (κ1) is 13.9. The second-order valence-electron chi connectivity index (χ2n) is 4.60. The fourth-order valence-corrected chi connectivity index (χ4v) is 2.40. The van der Waals surface area contributed by atoms with Gasteiger partial charge in [-0.1, -0.05) is 13.8 Å². The van der Waals surface area contributed by atoms with E-state index in [1.165, 1.54) is 7.11 Å². The molecule has 1 aromatic heterocycles. The van der Waals surface area contributed by atoms with Crippen molar-refractivity contribution in [1.29, 1.82) is 0 Å². The minimum absolute atomic E-state index is 0.268. The first-order valence-electron chi connectivity index (χ1n) is 6.76. The van der Waals surface area contributed by atoms with Gasteiger partial charge in [-0.2, -0.15) is 0 Å². The molecule has 0 saturated heterocycles. The van der Waals surface area contributed by atoms with Crippen LogP contribution in [0.2, 0.25) is 0 Å². The predicted octanol–water partition coefficient (Wildman–Crippen LogP) is 3.20. The summed E-state index contributed by atoms with van der Waals surface area (Å²) >= 11 is 0. The summed E-state index contributed by atoms with van der Waals surface area (Å²) in [5, 5.41) is 0.659. The Hall–Kier alpha value is -1.55. The standard InChI is InChI=1S/C15H21FN2O/c1-4-18(5-2)9-8-11-10-17-12-6-7-13(19-3)15(16)14(11)12/h6-7,10,17H,4-5,8-9H2,1-3H3. The highest BCUT2D eigenvalue weighted by Gasteiger charge is 2.13. The molecule has 2 aromatic rings. The van der Waals surface area contributed by atoms with Gasteiger partial charge in [0.05, 0.1) is 7.11 Å². The first-order valence-corrected chi connectivity index (χ1v) is 6.76. The number of nitrogens with zero attached hydrogens (tertiary/aromatic N) is 1. The second kappa shape index (κ2) is 6.06. The normalized spacial score (nSPS) is 11.4. The molecule has 0 aliphatic heterocycles. The molecule has 0 amide bonds. The van der Waals surface area contributed by atoms with Crippen molar-refractivity contribution >= 4 is 10.9 Å². The average molecular weight is 264 g/mol. The van der Waals surface area contributed by atoms with Gasteiger partial charge in [0.2, 0.25) is 0 Å². The van der Waals surface area contributed by atoms with Crippen LogP contribution in [0.25, 0.3) is 10.9 Å². The van der Waals surface area contributed by atoms with Crippen LogP contribution in [0.1, 0.15) is 19.4 Å². The zero-order chi connectivity index (χ0) is 13.8. The maximum Gasteiger partial charge on any atom is 0.174 e. The molecule has 0 saturated carbocycles. The number of likely N-dealkylation sites (N-methyl/N-ethyl adjacent to an activating group) is 1. The Balaban J connectivity index is 2.28. The van der Waals surface area contributed by atoms with Gasteiger partial charge in [-0.25, -0.2) is 4.39 Å². The fraction of sp³-hybridized carbons (Fsp3) is 0.467. The summed E-state index contributed by atoms with van der Waals surface area (Å²) in [7, 11) is 1.49. The molecule has 0 spiro atoms. The van der Waals surface area contributed by atoms with Crippen LogP contribution in [-0.4, -0.2) is 36.6 Å². The fourth-order valence-electron chi connectivity index (χ4n) is 2.40. The quantitative estimate of drug-likeness (QED) is 0.868. The van der Waals surface area contributed by atoms with E-state index in [9.17, 15) is 4.39 Å². The number of ether oxygens (including phenoxy) is 1. The summed E-state index contributed by atoms with van der Waals surface area (Å²) in [6.45, 7) is 7.26. The Bertz CT molecular complexity index is 546. The molecular weight excluding hydrogens is 243 g/mol. The lowest BCUT2D eigenvalue weighted by atomic mass is 10.1. The number of aromatic nitrogens is 1. The topological polar surface area (TPSA) is 28.3 Å². The van der Waals surface area contributed by atoms with Crippen LogP contribution in [0.15, 0.2) is 18.3 Å². The molecule has 104 valence electrons. The lowest BCUT2D eigenvalue weighted by molar-refractivity contribution is 0.308. The number of H-pyrrole nitrogens is 1. The summed E-state index contributed by atoms with van der Waals surface area (Å²) in [5.41, 5.74) is 1.84. The van der Waals surface area contributed by atoms with Crippen molar-refractivity contribution in [2.24, 2.45) is 0 Å². The summed E-state index contributed by atoms with van der Waals surface area (Å²) in [6, 6.07) is 3.51. The molecule has 19 heavy (non-hydrogen) atoms. The Labute approximate surface area is 113 Å². The van der Waals surface area contributed by atoms with Crippen LogP contribution < -0.4 is 4.74 Å². The number of aromatic amines is 1. The SMILES string of the molecule is CCN(CC)CCc1c[nH]c2ccc(OC)c(F)c12. The van der Waals surface area contributed by atoms with Crippen molar-refractivity contribution in [3.05, 3.63) is 29.7 Å². The number of nitrogens with one attached hydrogen (secondary N) is 1. The van der Waals surface area contributed by atoms with Crippen molar-refractivity contribution in [2.45, 2.75) is 20.3 Å². The molecular formula is C15H21FN2O. The minimum atomic E-state index is -0.268. The van der Waals surface area contributed by atoms with E-state index in [4.69, 9.17) is 4.74 Å².